The molecule has 1 N–H and O–H groups in total. The molecule has 0 aliphatic carbocycles. The summed E-state index contributed by atoms with van der Waals surface area (Å²) in [6, 6.07) is 9.86. The highest BCUT2D eigenvalue weighted by Crippen LogP contribution is 2.29. The molecule has 2 aromatic rings. The van der Waals surface area contributed by atoms with E-state index in [-0.39, 0.29) is 0 Å². The molecule has 1 heterocycles. The number of pyridine rings is 1. The number of nitrogens with zero attached hydrogens (tertiary/aromatic N) is 1. The molecule has 5 heteroatoms. The third kappa shape index (κ3) is 3.00. The first-order valence-electron chi connectivity index (χ1n) is 5.32. The van der Waals surface area contributed by atoms with Crippen molar-refractivity contribution in [2.75, 3.05) is 5.32 Å². The van der Waals surface area contributed by atoms with Crippen LogP contribution < -0.4 is 5.32 Å². The highest BCUT2D eigenvalue weighted by molar-refractivity contribution is 5.59. The molecule has 0 bridgehead atoms. The summed E-state index contributed by atoms with van der Waals surface area (Å²) in [6.45, 7) is 1.94. The number of benzene rings is 1. The Morgan fingerprint density at radius 3 is 2.28 bits per heavy atom. The predicted octanol–water partition coefficient (Wildman–Crippen LogP) is 4.15. The van der Waals surface area contributed by atoms with Gasteiger partial charge >= 0.3 is 6.18 Å². The van der Waals surface area contributed by atoms with E-state index in [1.165, 1.54) is 6.07 Å². The minimum atomic E-state index is -4.43. The fourth-order valence-corrected chi connectivity index (χ4v) is 1.47. The van der Waals surface area contributed by atoms with Gasteiger partial charge in [-0.3, -0.25) is 4.98 Å². The van der Waals surface area contributed by atoms with Gasteiger partial charge in [-0.2, -0.15) is 13.2 Å². The van der Waals surface area contributed by atoms with Gasteiger partial charge in [0.25, 0.3) is 0 Å². The van der Waals surface area contributed by atoms with Crippen molar-refractivity contribution >= 4 is 11.4 Å². The molecule has 18 heavy (non-hydrogen) atoms. The molecule has 0 saturated carbocycles. The van der Waals surface area contributed by atoms with Gasteiger partial charge < -0.3 is 5.32 Å². The number of hydrogen-bond acceptors (Lipinski definition) is 2. The molecule has 1 aromatic carbocycles. The number of aromatic nitrogens is 1. The van der Waals surface area contributed by atoms with Gasteiger partial charge in [0, 0.05) is 17.6 Å². The van der Waals surface area contributed by atoms with Crippen LogP contribution in [0, 0.1) is 6.92 Å². The highest BCUT2D eigenvalue weighted by Gasteiger charge is 2.32. The second-order valence-electron chi connectivity index (χ2n) is 3.92. The first-order chi connectivity index (χ1) is 8.45. The van der Waals surface area contributed by atoms with Crippen LogP contribution >= 0.6 is 0 Å². The highest BCUT2D eigenvalue weighted by atomic mass is 19.4. The Morgan fingerprint density at radius 2 is 1.67 bits per heavy atom. The number of aryl methyl sites for hydroxylation is 1. The maximum atomic E-state index is 12.5. The topological polar surface area (TPSA) is 24.9 Å². The summed E-state index contributed by atoms with van der Waals surface area (Å²) >= 11 is 0. The van der Waals surface area contributed by atoms with E-state index in [4.69, 9.17) is 0 Å². The number of hydrogen-bond donors (Lipinski definition) is 1. The van der Waals surface area contributed by atoms with Crippen LogP contribution in [0.5, 0.6) is 0 Å². The third-order valence-corrected chi connectivity index (χ3v) is 2.39. The maximum absolute atomic E-state index is 12.5. The van der Waals surface area contributed by atoms with E-state index >= 15 is 0 Å². The number of rotatable bonds is 2. The van der Waals surface area contributed by atoms with Crippen LogP contribution in [0.4, 0.5) is 24.5 Å². The van der Waals surface area contributed by atoms with Gasteiger partial charge in [-0.25, -0.2) is 0 Å². The van der Waals surface area contributed by atoms with Crippen molar-refractivity contribution in [3.63, 3.8) is 0 Å². The smallest absolute Gasteiger partial charge is 0.355 e. The molecule has 0 aliphatic heterocycles. The van der Waals surface area contributed by atoms with E-state index in [2.05, 4.69) is 10.3 Å². The van der Waals surface area contributed by atoms with Crippen molar-refractivity contribution < 1.29 is 13.2 Å². The molecule has 0 amide bonds. The maximum Gasteiger partial charge on any atom is 0.433 e. The number of halogens is 3. The van der Waals surface area contributed by atoms with Gasteiger partial charge in [-0.05, 0) is 31.2 Å². The number of alkyl halides is 3. The molecule has 2 nitrogen and oxygen atoms in total. The Balaban J connectivity index is 2.22. The minimum Gasteiger partial charge on any atom is -0.355 e. The van der Waals surface area contributed by atoms with E-state index in [9.17, 15) is 13.2 Å². The Kier molecular flexibility index (Phi) is 3.23. The van der Waals surface area contributed by atoms with Crippen molar-refractivity contribution in [3.8, 4) is 0 Å². The quantitative estimate of drug-likeness (QED) is 0.868. The Bertz CT molecular complexity index is 533. The van der Waals surface area contributed by atoms with Gasteiger partial charge in [0.05, 0.1) is 0 Å². The van der Waals surface area contributed by atoms with E-state index in [0.29, 0.717) is 5.69 Å². The van der Waals surface area contributed by atoms with Gasteiger partial charge in [0.2, 0.25) is 0 Å². The fraction of sp³-hybridized carbons (Fsp3) is 0.154. The molecule has 0 atom stereocenters. The van der Waals surface area contributed by atoms with E-state index in [1.807, 2.05) is 31.2 Å². The lowest BCUT2D eigenvalue weighted by Gasteiger charge is -2.09. The Hall–Kier alpha value is -2.04. The lowest BCUT2D eigenvalue weighted by atomic mass is 10.2. The zero-order valence-corrected chi connectivity index (χ0v) is 9.62. The monoisotopic (exact) mass is 252 g/mol. The van der Waals surface area contributed by atoms with Crippen LogP contribution in [0.1, 0.15) is 11.3 Å². The molecule has 0 aliphatic rings. The average Bonchev–Trinajstić information content (AvgIpc) is 2.31. The van der Waals surface area contributed by atoms with Crippen molar-refractivity contribution in [3.05, 3.63) is 53.9 Å². The predicted molar refractivity (Wildman–Crippen MR) is 63.7 cm³/mol. The van der Waals surface area contributed by atoms with Gasteiger partial charge in [-0.1, -0.05) is 17.7 Å². The first kappa shape index (κ1) is 12.4. The first-order valence-corrected chi connectivity index (χ1v) is 5.32. The molecule has 0 spiro atoms. The molecule has 0 fully saturated rings. The Morgan fingerprint density at radius 1 is 1.00 bits per heavy atom. The average molecular weight is 252 g/mol. The van der Waals surface area contributed by atoms with E-state index in [1.54, 1.807) is 0 Å². The lowest BCUT2D eigenvalue weighted by Crippen LogP contribution is -2.08. The van der Waals surface area contributed by atoms with E-state index < -0.39 is 11.9 Å². The van der Waals surface area contributed by atoms with Crippen molar-refractivity contribution in [2.24, 2.45) is 0 Å². The van der Waals surface area contributed by atoms with Crippen LogP contribution in [0.25, 0.3) is 0 Å². The molecule has 1 aromatic heterocycles. The molecule has 0 unspecified atom stereocenters. The number of nitrogens with one attached hydrogen (secondary N) is 1. The second-order valence-corrected chi connectivity index (χ2v) is 3.92. The second kappa shape index (κ2) is 4.68. The van der Waals surface area contributed by atoms with Crippen molar-refractivity contribution in [1.82, 2.24) is 4.98 Å². The molecule has 0 radical (unpaired) electrons. The SMILES string of the molecule is Cc1ccc(Nc2ccnc(C(F)(F)F)c2)cc1. The zero-order chi connectivity index (χ0) is 13.2. The molecular formula is C13H11F3N2. The van der Waals surface area contributed by atoms with Gasteiger partial charge in [-0.15, -0.1) is 0 Å². The summed E-state index contributed by atoms with van der Waals surface area (Å²) < 4.78 is 37.4. The zero-order valence-electron chi connectivity index (χ0n) is 9.62. The number of anilines is 2. The summed E-state index contributed by atoms with van der Waals surface area (Å²) in [4.78, 5) is 3.30. The summed E-state index contributed by atoms with van der Waals surface area (Å²) in [6.07, 6.45) is -3.29. The molecule has 0 saturated heterocycles. The van der Waals surface area contributed by atoms with Crippen molar-refractivity contribution in [2.45, 2.75) is 13.1 Å². The van der Waals surface area contributed by atoms with Gasteiger partial charge in [0.1, 0.15) is 5.69 Å². The molecule has 2 rings (SSSR count). The Labute approximate surface area is 102 Å². The minimum absolute atomic E-state index is 0.362. The van der Waals surface area contributed by atoms with Crippen LogP contribution in [0.2, 0.25) is 0 Å². The fourth-order valence-electron chi connectivity index (χ4n) is 1.47. The summed E-state index contributed by atoms with van der Waals surface area (Å²) in [5.74, 6) is 0. The lowest BCUT2D eigenvalue weighted by molar-refractivity contribution is -0.141. The summed E-state index contributed by atoms with van der Waals surface area (Å²) in [5, 5.41) is 2.90. The van der Waals surface area contributed by atoms with Crippen LogP contribution in [-0.2, 0) is 6.18 Å². The normalized spacial score (nSPS) is 11.3. The van der Waals surface area contributed by atoms with Gasteiger partial charge in [0.15, 0.2) is 0 Å². The third-order valence-electron chi connectivity index (χ3n) is 2.39. The largest absolute Gasteiger partial charge is 0.433 e. The van der Waals surface area contributed by atoms with Crippen molar-refractivity contribution in [1.29, 1.82) is 0 Å². The molecule has 94 valence electrons. The standard InChI is InChI=1S/C13H11F3N2/c1-9-2-4-10(5-3-9)18-11-6-7-17-12(8-11)13(14,15)16/h2-8H,1H3,(H,17,18). The van der Waals surface area contributed by atoms with E-state index in [0.717, 1.165) is 23.5 Å². The summed E-state index contributed by atoms with van der Waals surface area (Å²) in [7, 11) is 0. The molecular weight excluding hydrogens is 241 g/mol. The van der Waals surface area contributed by atoms with Crippen LogP contribution in [0.3, 0.4) is 0 Å². The van der Waals surface area contributed by atoms with Crippen LogP contribution in [-0.4, -0.2) is 4.98 Å². The summed E-state index contributed by atoms with van der Waals surface area (Å²) in [5.41, 5.74) is 1.28. The van der Waals surface area contributed by atoms with Crippen LogP contribution in [0.15, 0.2) is 42.6 Å².